The van der Waals surface area contributed by atoms with Crippen molar-refractivity contribution in [1.29, 1.82) is 0 Å². The largest absolute Gasteiger partial charge is 0.423 e. The first-order valence-electron chi connectivity index (χ1n) is 9.67. The summed E-state index contributed by atoms with van der Waals surface area (Å²) in [6.07, 6.45) is 3.83. The number of amides is 1. The van der Waals surface area contributed by atoms with Crippen LogP contribution in [0.25, 0.3) is 11.1 Å². The van der Waals surface area contributed by atoms with E-state index >= 15 is 0 Å². The van der Waals surface area contributed by atoms with Gasteiger partial charge in [-0.05, 0) is 37.5 Å². The summed E-state index contributed by atoms with van der Waals surface area (Å²) < 4.78 is 7.97. The molecule has 28 heavy (non-hydrogen) atoms. The minimum Gasteiger partial charge on any atom is -0.423 e. The van der Waals surface area contributed by atoms with Crippen molar-refractivity contribution in [3.05, 3.63) is 34.9 Å². The quantitative estimate of drug-likeness (QED) is 0.724. The van der Waals surface area contributed by atoms with Gasteiger partial charge in [0.25, 0.3) is 6.01 Å². The Kier molecular flexibility index (Phi) is 4.43. The lowest BCUT2D eigenvalue weighted by molar-refractivity contribution is -0.125. The number of nitrogens with zero attached hydrogens (tertiary/aromatic N) is 5. The van der Waals surface area contributed by atoms with E-state index in [0.717, 1.165) is 55.9 Å². The van der Waals surface area contributed by atoms with Crippen LogP contribution in [0.5, 0.6) is 0 Å². The van der Waals surface area contributed by atoms with Crippen molar-refractivity contribution in [2.75, 3.05) is 18.0 Å². The molecule has 8 nitrogen and oxygen atoms in total. The zero-order valence-electron chi connectivity index (χ0n) is 15.4. The van der Waals surface area contributed by atoms with Gasteiger partial charge in [-0.3, -0.25) is 4.79 Å². The fourth-order valence-electron chi connectivity index (χ4n) is 4.04. The van der Waals surface area contributed by atoms with Crippen LogP contribution in [0, 0.1) is 5.92 Å². The average molecular weight is 401 g/mol. The first-order chi connectivity index (χ1) is 13.7. The fraction of sp³-hybridized carbons (Fsp3) is 0.474. The average Bonchev–Trinajstić information content (AvgIpc) is 3.41. The Morgan fingerprint density at radius 3 is 3.14 bits per heavy atom. The number of carbonyl (C=O) groups excluding carboxylic acids is 1. The van der Waals surface area contributed by atoms with Crippen LogP contribution < -0.4 is 10.2 Å². The second kappa shape index (κ2) is 7.09. The van der Waals surface area contributed by atoms with Gasteiger partial charge in [-0.15, -0.1) is 10.2 Å². The van der Waals surface area contributed by atoms with Crippen molar-refractivity contribution in [3.8, 4) is 0 Å². The highest BCUT2D eigenvalue weighted by molar-refractivity contribution is 6.31. The Balaban J connectivity index is 1.24. The van der Waals surface area contributed by atoms with Gasteiger partial charge in [0.05, 0.1) is 12.5 Å². The SMILES string of the molecule is O=C(NCc1nnc2n1CCC2)C1CCCN(c2nc3cc(Cl)ccc3o2)C1. The Morgan fingerprint density at radius 1 is 1.29 bits per heavy atom. The first kappa shape index (κ1) is 17.5. The summed E-state index contributed by atoms with van der Waals surface area (Å²) in [6, 6.07) is 5.94. The van der Waals surface area contributed by atoms with Crippen molar-refractivity contribution < 1.29 is 9.21 Å². The molecule has 2 aromatic heterocycles. The van der Waals surface area contributed by atoms with Gasteiger partial charge in [0.2, 0.25) is 5.91 Å². The zero-order chi connectivity index (χ0) is 19.1. The Morgan fingerprint density at radius 2 is 2.21 bits per heavy atom. The minimum absolute atomic E-state index is 0.0409. The molecule has 146 valence electrons. The number of carbonyl (C=O) groups is 1. The summed E-state index contributed by atoms with van der Waals surface area (Å²) in [5.41, 5.74) is 1.43. The Hall–Kier alpha value is -2.61. The normalized spacial score (nSPS) is 19.2. The molecule has 1 fully saturated rings. The van der Waals surface area contributed by atoms with Gasteiger partial charge < -0.3 is 19.2 Å². The van der Waals surface area contributed by atoms with E-state index in [4.69, 9.17) is 16.0 Å². The van der Waals surface area contributed by atoms with Crippen LogP contribution in [-0.4, -0.2) is 38.7 Å². The lowest BCUT2D eigenvalue weighted by Gasteiger charge is -2.30. The van der Waals surface area contributed by atoms with Crippen molar-refractivity contribution in [1.82, 2.24) is 25.1 Å². The number of rotatable bonds is 4. The second-order valence-corrected chi connectivity index (χ2v) is 7.84. The molecule has 0 aliphatic carbocycles. The topological polar surface area (TPSA) is 89.1 Å². The summed E-state index contributed by atoms with van der Waals surface area (Å²) in [4.78, 5) is 19.3. The third-order valence-corrected chi connectivity index (χ3v) is 5.74. The molecule has 1 aromatic carbocycles. The van der Waals surface area contributed by atoms with Crippen molar-refractivity contribution in [2.24, 2.45) is 5.92 Å². The summed E-state index contributed by atoms with van der Waals surface area (Å²) >= 11 is 6.03. The summed E-state index contributed by atoms with van der Waals surface area (Å²) in [5, 5.41) is 12.1. The standard InChI is InChI=1S/C19H21ClN6O2/c20-13-5-6-15-14(9-13)22-19(28-15)25-7-1-3-12(11-25)18(27)21-10-17-24-23-16-4-2-8-26(16)17/h5-6,9,12H,1-4,7-8,10-11H2,(H,21,27). The number of oxazole rings is 1. The number of benzene rings is 1. The fourth-order valence-corrected chi connectivity index (χ4v) is 4.21. The van der Waals surface area contributed by atoms with Crippen molar-refractivity contribution in [3.63, 3.8) is 0 Å². The van der Waals surface area contributed by atoms with Gasteiger partial charge in [0.15, 0.2) is 11.4 Å². The number of halogens is 1. The maximum Gasteiger partial charge on any atom is 0.298 e. The van der Waals surface area contributed by atoms with Crippen LogP contribution in [0.2, 0.25) is 5.02 Å². The highest BCUT2D eigenvalue weighted by Crippen LogP contribution is 2.28. The molecule has 9 heteroatoms. The van der Waals surface area contributed by atoms with Crippen LogP contribution in [-0.2, 0) is 24.3 Å². The van der Waals surface area contributed by atoms with Gasteiger partial charge >= 0.3 is 0 Å². The molecule has 1 atom stereocenters. The van der Waals surface area contributed by atoms with Gasteiger partial charge in [0.1, 0.15) is 11.3 Å². The number of fused-ring (bicyclic) bond motifs is 2. The smallest absolute Gasteiger partial charge is 0.298 e. The van der Waals surface area contributed by atoms with Crippen LogP contribution in [0.4, 0.5) is 6.01 Å². The predicted octanol–water partition coefficient (Wildman–Crippen LogP) is 2.55. The maximum absolute atomic E-state index is 12.7. The van der Waals surface area contributed by atoms with E-state index in [1.54, 1.807) is 12.1 Å². The molecule has 4 heterocycles. The molecule has 1 N–H and O–H groups in total. The highest BCUT2D eigenvalue weighted by atomic mass is 35.5. The zero-order valence-corrected chi connectivity index (χ0v) is 16.2. The minimum atomic E-state index is -0.103. The number of anilines is 1. The number of nitrogens with one attached hydrogen (secondary N) is 1. The molecule has 0 bridgehead atoms. The predicted molar refractivity (Wildman–Crippen MR) is 104 cm³/mol. The number of piperidine rings is 1. The number of hydrogen-bond acceptors (Lipinski definition) is 6. The van der Waals surface area contributed by atoms with E-state index < -0.39 is 0 Å². The molecule has 2 aliphatic rings. The molecule has 2 aliphatic heterocycles. The molecule has 0 spiro atoms. The van der Waals surface area contributed by atoms with E-state index in [1.165, 1.54) is 0 Å². The Labute approximate surface area is 166 Å². The molecule has 1 amide bonds. The van der Waals surface area contributed by atoms with Crippen LogP contribution in [0.15, 0.2) is 22.6 Å². The van der Waals surface area contributed by atoms with Gasteiger partial charge in [-0.1, -0.05) is 11.6 Å². The van der Waals surface area contributed by atoms with E-state index in [2.05, 4.69) is 25.1 Å². The lowest BCUT2D eigenvalue weighted by Crippen LogP contribution is -2.43. The Bertz CT molecular complexity index is 1030. The van der Waals surface area contributed by atoms with E-state index in [-0.39, 0.29) is 11.8 Å². The summed E-state index contributed by atoms with van der Waals surface area (Å²) in [5.74, 6) is 1.79. The third-order valence-electron chi connectivity index (χ3n) is 5.51. The molecule has 0 saturated carbocycles. The molecular weight excluding hydrogens is 380 g/mol. The van der Waals surface area contributed by atoms with Gasteiger partial charge in [0, 0.05) is 31.1 Å². The van der Waals surface area contributed by atoms with Crippen molar-refractivity contribution in [2.45, 2.75) is 38.8 Å². The molecule has 1 unspecified atom stereocenters. The van der Waals surface area contributed by atoms with E-state index in [9.17, 15) is 4.79 Å². The second-order valence-electron chi connectivity index (χ2n) is 7.40. The van der Waals surface area contributed by atoms with Gasteiger partial charge in [-0.25, -0.2) is 0 Å². The first-order valence-corrected chi connectivity index (χ1v) is 10.0. The van der Waals surface area contributed by atoms with Crippen molar-refractivity contribution >= 4 is 34.6 Å². The highest BCUT2D eigenvalue weighted by Gasteiger charge is 2.28. The number of aryl methyl sites for hydroxylation is 1. The van der Waals surface area contributed by atoms with Crippen LogP contribution in [0.3, 0.4) is 0 Å². The lowest BCUT2D eigenvalue weighted by atomic mass is 9.97. The molecule has 1 saturated heterocycles. The maximum atomic E-state index is 12.7. The number of aromatic nitrogens is 4. The van der Waals surface area contributed by atoms with Crippen LogP contribution in [0.1, 0.15) is 30.9 Å². The van der Waals surface area contributed by atoms with E-state index in [0.29, 0.717) is 29.7 Å². The summed E-state index contributed by atoms with van der Waals surface area (Å²) in [6.45, 7) is 2.77. The number of hydrogen-bond donors (Lipinski definition) is 1. The molecule has 5 rings (SSSR count). The van der Waals surface area contributed by atoms with Crippen LogP contribution >= 0.6 is 11.6 Å². The van der Waals surface area contributed by atoms with E-state index in [1.807, 2.05) is 11.0 Å². The molecule has 0 radical (unpaired) electrons. The molecule has 3 aromatic rings. The molecular formula is C19H21ClN6O2. The summed E-state index contributed by atoms with van der Waals surface area (Å²) in [7, 11) is 0. The monoisotopic (exact) mass is 400 g/mol. The third kappa shape index (κ3) is 3.22. The van der Waals surface area contributed by atoms with Gasteiger partial charge in [-0.2, -0.15) is 4.98 Å².